The first-order valence-electron chi connectivity index (χ1n) is 11.5. The highest BCUT2D eigenvalue weighted by atomic mass is 31.2. The summed E-state index contributed by atoms with van der Waals surface area (Å²) < 4.78 is 59.3. The van der Waals surface area contributed by atoms with Crippen LogP contribution in [0, 0.1) is 5.92 Å². The Morgan fingerprint density at radius 3 is 2.42 bits per heavy atom. The second-order valence-corrected chi connectivity index (χ2v) is 12.3. The number of carbonyl (C=O) groups excluding carboxylic acids is 1. The number of alkyl halides is 3. The van der Waals surface area contributed by atoms with Crippen molar-refractivity contribution < 1.29 is 32.1 Å². The number of hydroxylamine groups is 1. The molecule has 3 aromatic rings. The number of carbonyl (C=O) groups is 1. The largest absolute Gasteiger partial charge is 0.495 e. The molecule has 3 rings (SSSR count). The van der Waals surface area contributed by atoms with Crippen LogP contribution in [0.25, 0.3) is 0 Å². The fourth-order valence-electron chi connectivity index (χ4n) is 3.31. The number of para-hydroxylation sites is 1. The molecule has 0 unspecified atom stereocenters. The standard InChI is InChI=1S/C25H29F3N5O4P/c1-15(2)14-37-33-23(34)16-10-11-18(20(12-16)36-3)31-24-29-13-17(25(26,27)28)22(32-24)30-19-8-6-7-9-21(19)38(4,5)35/h6-13,15H,14H2,1-5H3,(H,33,34)(H2,29,30,31,32). The van der Waals surface area contributed by atoms with Gasteiger partial charge in [0.15, 0.2) is 0 Å². The number of anilines is 4. The van der Waals surface area contributed by atoms with E-state index in [1.165, 1.54) is 44.7 Å². The zero-order valence-corrected chi connectivity index (χ0v) is 22.4. The maximum absolute atomic E-state index is 13.8. The zero-order chi connectivity index (χ0) is 28.1. The lowest BCUT2D eigenvalue weighted by atomic mass is 10.2. The van der Waals surface area contributed by atoms with Gasteiger partial charge in [-0.25, -0.2) is 10.5 Å². The number of methoxy groups -OCH3 is 1. The molecule has 1 aromatic heterocycles. The summed E-state index contributed by atoms with van der Waals surface area (Å²) in [6.45, 7) is 7.26. The van der Waals surface area contributed by atoms with Gasteiger partial charge in [-0.3, -0.25) is 9.63 Å². The quantitative estimate of drug-likeness (QED) is 0.222. The summed E-state index contributed by atoms with van der Waals surface area (Å²) in [5.41, 5.74) is 2.04. The molecule has 1 amide bonds. The summed E-state index contributed by atoms with van der Waals surface area (Å²) in [5, 5.41) is 5.89. The molecular formula is C25H29F3N5O4P. The lowest BCUT2D eigenvalue weighted by Gasteiger charge is -2.18. The second-order valence-electron chi connectivity index (χ2n) is 9.12. The molecule has 0 aliphatic heterocycles. The first-order valence-corrected chi connectivity index (χ1v) is 14.1. The minimum absolute atomic E-state index is 0.162. The second kappa shape index (κ2) is 11.8. The van der Waals surface area contributed by atoms with E-state index in [1.807, 2.05) is 13.8 Å². The molecule has 0 bridgehead atoms. The van der Waals surface area contributed by atoms with Crippen molar-refractivity contribution in [3.63, 3.8) is 0 Å². The molecule has 0 radical (unpaired) electrons. The third-order valence-electron chi connectivity index (χ3n) is 5.12. The average molecular weight is 552 g/mol. The Morgan fingerprint density at radius 2 is 1.79 bits per heavy atom. The monoisotopic (exact) mass is 551 g/mol. The predicted molar refractivity (Wildman–Crippen MR) is 140 cm³/mol. The molecule has 204 valence electrons. The normalized spacial score (nSPS) is 11.8. The van der Waals surface area contributed by atoms with E-state index in [0.29, 0.717) is 23.8 Å². The van der Waals surface area contributed by atoms with E-state index in [9.17, 15) is 22.5 Å². The number of aromatic nitrogens is 2. The van der Waals surface area contributed by atoms with Gasteiger partial charge in [0, 0.05) is 17.1 Å². The van der Waals surface area contributed by atoms with Crippen molar-refractivity contribution in [3.05, 3.63) is 59.8 Å². The van der Waals surface area contributed by atoms with Crippen LogP contribution in [0.1, 0.15) is 29.8 Å². The number of nitrogens with one attached hydrogen (secondary N) is 3. The Bertz CT molecular complexity index is 1340. The highest BCUT2D eigenvalue weighted by Gasteiger charge is 2.36. The van der Waals surface area contributed by atoms with Crippen LogP contribution in [0.2, 0.25) is 0 Å². The Hall–Kier alpha value is -3.63. The maximum Gasteiger partial charge on any atom is 0.421 e. The van der Waals surface area contributed by atoms with E-state index in [-0.39, 0.29) is 28.9 Å². The number of amides is 1. The van der Waals surface area contributed by atoms with Crippen molar-refractivity contribution in [1.29, 1.82) is 0 Å². The van der Waals surface area contributed by atoms with Crippen LogP contribution in [-0.2, 0) is 15.6 Å². The maximum atomic E-state index is 13.8. The van der Waals surface area contributed by atoms with Crippen LogP contribution >= 0.6 is 7.14 Å². The van der Waals surface area contributed by atoms with E-state index < -0.39 is 30.6 Å². The van der Waals surface area contributed by atoms with Gasteiger partial charge in [0.2, 0.25) is 5.95 Å². The average Bonchev–Trinajstić information content (AvgIpc) is 2.83. The fourth-order valence-corrected chi connectivity index (χ4v) is 4.47. The number of halogens is 3. The number of rotatable bonds is 10. The van der Waals surface area contributed by atoms with Gasteiger partial charge in [-0.1, -0.05) is 26.0 Å². The Labute approximate surface area is 218 Å². The topological polar surface area (TPSA) is 114 Å². The SMILES string of the molecule is COc1cc(C(=O)NOCC(C)C)ccc1Nc1ncc(C(F)(F)F)c(Nc2ccccc2P(C)(C)=O)n1. The number of benzene rings is 2. The molecule has 2 aromatic carbocycles. The van der Waals surface area contributed by atoms with Crippen molar-refractivity contribution in [3.8, 4) is 5.75 Å². The van der Waals surface area contributed by atoms with Gasteiger partial charge in [0.05, 0.1) is 25.1 Å². The highest BCUT2D eigenvalue weighted by Crippen LogP contribution is 2.40. The fraction of sp³-hybridized carbons (Fsp3) is 0.320. The van der Waals surface area contributed by atoms with E-state index >= 15 is 0 Å². The van der Waals surface area contributed by atoms with Crippen molar-refractivity contribution >= 4 is 41.5 Å². The lowest BCUT2D eigenvalue weighted by molar-refractivity contribution is -0.137. The zero-order valence-electron chi connectivity index (χ0n) is 21.5. The molecule has 0 saturated carbocycles. The molecule has 0 spiro atoms. The van der Waals surface area contributed by atoms with Crippen LogP contribution < -0.4 is 26.2 Å². The molecule has 0 aliphatic carbocycles. The molecule has 1 heterocycles. The van der Waals surface area contributed by atoms with Crippen molar-refractivity contribution in [1.82, 2.24) is 15.4 Å². The summed E-state index contributed by atoms with van der Waals surface area (Å²) in [4.78, 5) is 25.3. The van der Waals surface area contributed by atoms with Gasteiger partial charge in [-0.2, -0.15) is 18.2 Å². The Balaban J connectivity index is 1.92. The van der Waals surface area contributed by atoms with Gasteiger partial charge >= 0.3 is 6.18 Å². The number of hydrogen-bond donors (Lipinski definition) is 3. The Kier molecular flexibility index (Phi) is 9.01. The molecular weight excluding hydrogens is 522 g/mol. The summed E-state index contributed by atoms with van der Waals surface area (Å²) in [6, 6.07) is 10.8. The third kappa shape index (κ3) is 7.45. The minimum Gasteiger partial charge on any atom is -0.495 e. The molecule has 0 atom stereocenters. The molecule has 38 heavy (non-hydrogen) atoms. The minimum atomic E-state index is -4.75. The first-order chi connectivity index (χ1) is 17.8. The number of hydrogen-bond acceptors (Lipinski definition) is 8. The highest BCUT2D eigenvalue weighted by molar-refractivity contribution is 7.70. The van der Waals surface area contributed by atoms with Crippen LogP contribution in [0.3, 0.4) is 0 Å². The van der Waals surface area contributed by atoms with Crippen molar-refractivity contribution in [2.24, 2.45) is 5.92 Å². The van der Waals surface area contributed by atoms with Crippen LogP contribution in [-0.4, -0.2) is 42.9 Å². The molecule has 0 saturated heterocycles. The lowest BCUT2D eigenvalue weighted by Crippen LogP contribution is -2.25. The van der Waals surface area contributed by atoms with E-state index in [1.54, 1.807) is 18.2 Å². The van der Waals surface area contributed by atoms with E-state index in [2.05, 4.69) is 26.1 Å². The molecule has 3 N–H and O–H groups in total. The van der Waals surface area contributed by atoms with Crippen molar-refractivity contribution in [2.75, 3.05) is 37.7 Å². The molecule has 0 aliphatic rings. The van der Waals surface area contributed by atoms with Crippen LogP contribution in [0.5, 0.6) is 5.75 Å². The molecule has 13 heteroatoms. The van der Waals surface area contributed by atoms with Gasteiger partial charge in [-0.15, -0.1) is 0 Å². The summed E-state index contributed by atoms with van der Waals surface area (Å²) in [5.74, 6) is -0.724. The smallest absolute Gasteiger partial charge is 0.421 e. The number of nitrogens with zero attached hydrogens (tertiary/aromatic N) is 2. The van der Waals surface area contributed by atoms with Gasteiger partial charge in [-0.05, 0) is 49.6 Å². The van der Waals surface area contributed by atoms with Gasteiger partial charge in [0.1, 0.15) is 24.3 Å². The molecule has 9 nitrogen and oxygen atoms in total. The third-order valence-corrected chi connectivity index (χ3v) is 6.67. The van der Waals surface area contributed by atoms with Gasteiger partial charge < -0.3 is 19.9 Å². The first kappa shape index (κ1) is 28.9. The van der Waals surface area contributed by atoms with Crippen LogP contribution in [0.15, 0.2) is 48.7 Å². The molecule has 0 fully saturated rings. The number of ether oxygens (including phenoxy) is 1. The predicted octanol–water partition coefficient (Wildman–Crippen LogP) is 5.56. The summed E-state index contributed by atoms with van der Waals surface area (Å²) in [7, 11) is -1.43. The Morgan fingerprint density at radius 1 is 1.08 bits per heavy atom. The van der Waals surface area contributed by atoms with E-state index in [4.69, 9.17) is 9.57 Å². The van der Waals surface area contributed by atoms with E-state index in [0.717, 1.165) is 0 Å². The van der Waals surface area contributed by atoms with Crippen molar-refractivity contribution in [2.45, 2.75) is 20.0 Å². The van der Waals surface area contributed by atoms with Crippen LogP contribution in [0.4, 0.5) is 36.3 Å². The summed E-state index contributed by atoms with van der Waals surface area (Å²) in [6.07, 6.45) is -4.10. The summed E-state index contributed by atoms with van der Waals surface area (Å²) >= 11 is 0. The van der Waals surface area contributed by atoms with Gasteiger partial charge in [0.25, 0.3) is 5.91 Å².